The summed E-state index contributed by atoms with van der Waals surface area (Å²) in [6, 6.07) is 10.9. The monoisotopic (exact) mass is 316 g/mol. The maximum Gasteiger partial charge on any atom is 0.338 e. The molecule has 0 saturated heterocycles. The fourth-order valence-electron chi connectivity index (χ4n) is 2.32. The first-order valence-corrected chi connectivity index (χ1v) is 7.49. The lowest BCUT2D eigenvalue weighted by molar-refractivity contribution is 0.0337. The Balaban J connectivity index is 1.73. The number of hydrogen-bond acceptors (Lipinski definition) is 4. The number of hydrogen-bond donors (Lipinski definition) is 0. The van der Waals surface area contributed by atoms with Crippen LogP contribution in [0.2, 0.25) is 0 Å². The average molecular weight is 316 g/mol. The van der Waals surface area contributed by atoms with Gasteiger partial charge in [0.15, 0.2) is 11.5 Å². The smallest absolute Gasteiger partial charge is 0.338 e. The molecule has 0 fully saturated rings. The molecule has 0 bridgehead atoms. The van der Waals surface area contributed by atoms with E-state index in [0.717, 1.165) is 12.0 Å². The SMILES string of the molecule is CC(OC(=O)c1ccc2c(c1)OCCCO2)c1ccc(F)cc1. The second kappa shape index (κ2) is 6.69. The highest BCUT2D eigenvalue weighted by Gasteiger charge is 2.17. The zero-order chi connectivity index (χ0) is 16.2. The van der Waals surface area contributed by atoms with Gasteiger partial charge in [0.05, 0.1) is 18.8 Å². The highest BCUT2D eigenvalue weighted by atomic mass is 19.1. The van der Waals surface area contributed by atoms with Gasteiger partial charge in [-0.05, 0) is 42.8 Å². The van der Waals surface area contributed by atoms with Gasteiger partial charge >= 0.3 is 5.97 Å². The van der Waals surface area contributed by atoms with Crippen molar-refractivity contribution in [2.45, 2.75) is 19.4 Å². The lowest BCUT2D eigenvalue weighted by Crippen LogP contribution is -2.09. The molecule has 1 aliphatic rings. The van der Waals surface area contributed by atoms with E-state index in [9.17, 15) is 9.18 Å². The summed E-state index contributed by atoms with van der Waals surface area (Å²) in [6.07, 6.45) is 0.329. The summed E-state index contributed by atoms with van der Waals surface area (Å²) >= 11 is 0. The Bertz CT molecular complexity index is 697. The van der Waals surface area contributed by atoms with Gasteiger partial charge in [0.25, 0.3) is 0 Å². The molecule has 0 aromatic heterocycles. The van der Waals surface area contributed by atoms with Crippen LogP contribution in [-0.2, 0) is 4.74 Å². The zero-order valence-corrected chi connectivity index (χ0v) is 12.8. The van der Waals surface area contributed by atoms with Gasteiger partial charge in [-0.2, -0.15) is 0 Å². The number of rotatable bonds is 3. The number of benzene rings is 2. The number of fused-ring (bicyclic) bond motifs is 1. The predicted octanol–water partition coefficient (Wildman–Crippen LogP) is 3.91. The molecule has 0 radical (unpaired) electrons. The van der Waals surface area contributed by atoms with Crippen molar-refractivity contribution in [1.82, 2.24) is 0 Å². The normalized spacial score (nSPS) is 14.7. The number of esters is 1. The van der Waals surface area contributed by atoms with E-state index in [1.165, 1.54) is 12.1 Å². The van der Waals surface area contributed by atoms with Crippen LogP contribution in [0.5, 0.6) is 11.5 Å². The Hall–Kier alpha value is -2.56. The molecule has 1 atom stereocenters. The summed E-state index contributed by atoms with van der Waals surface area (Å²) in [5.41, 5.74) is 1.12. The van der Waals surface area contributed by atoms with Gasteiger partial charge in [-0.3, -0.25) is 0 Å². The maximum atomic E-state index is 12.9. The molecule has 1 heterocycles. The maximum absolute atomic E-state index is 12.9. The van der Waals surface area contributed by atoms with Crippen molar-refractivity contribution in [3.63, 3.8) is 0 Å². The topological polar surface area (TPSA) is 44.8 Å². The largest absolute Gasteiger partial charge is 0.490 e. The second-order valence-corrected chi connectivity index (χ2v) is 5.31. The van der Waals surface area contributed by atoms with Gasteiger partial charge in [-0.25, -0.2) is 9.18 Å². The van der Waals surface area contributed by atoms with Crippen molar-refractivity contribution < 1.29 is 23.4 Å². The molecule has 4 nitrogen and oxygen atoms in total. The van der Waals surface area contributed by atoms with Gasteiger partial charge in [0.1, 0.15) is 11.9 Å². The van der Waals surface area contributed by atoms with Crippen LogP contribution in [0, 0.1) is 5.82 Å². The zero-order valence-electron chi connectivity index (χ0n) is 12.8. The van der Waals surface area contributed by atoms with Crippen LogP contribution < -0.4 is 9.47 Å². The third-order valence-corrected chi connectivity index (χ3v) is 3.61. The summed E-state index contributed by atoms with van der Waals surface area (Å²) in [6.45, 7) is 2.89. The summed E-state index contributed by atoms with van der Waals surface area (Å²) in [5.74, 6) is 0.393. The van der Waals surface area contributed by atoms with E-state index >= 15 is 0 Å². The number of halogens is 1. The molecule has 23 heavy (non-hydrogen) atoms. The molecule has 2 aromatic rings. The van der Waals surface area contributed by atoms with E-state index < -0.39 is 12.1 Å². The molecule has 1 unspecified atom stereocenters. The van der Waals surface area contributed by atoms with Crippen LogP contribution in [0.1, 0.15) is 35.4 Å². The Morgan fingerprint density at radius 2 is 1.78 bits per heavy atom. The molecule has 0 saturated carbocycles. The summed E-state index contributed by atoms with van der Waals surface area (Å²) in [4.78, 5) is 12.3. The van der Waals surface area contributed by atoms with Crippen LogP contribution in [0.15, 0.2) is 42.5 Å². The minimum absolute atomic E-state index is 0.324. The summed E-state index contributed by atoms with van der Waals surface area (Å²) in [7, 11) is 0. The molecule has 0 N–H and O–H groups in total. The van der Waals surface area contributed by atoms with Crippen LogP contribution in [0.25, 0.3) is 0 Å². The third kappa shape index (κ3) is 3.62. The summed E-state index contributed by atoms with van der Waals surface area (Å²) in [5, 5.41) is 0. The Kier molecular flexibility index (Phi) is 4.46. The fraction of sp³-hybridized carbons (Fsp3) is 0.278. The van der Waals surface area contributed by atoms with Crippen LogP contribution in [0.4, 0.5) is 4.39 Å². The van der Waals surface area contributed by atoms with Crippen molar-refractivity contribution in [3.05, 3.63) is 59.4 Å². The van der Waals surface area contributed by atoms with Crippen molar-refractivity contribution in [1.29, 1.82) is 0 Å². The summed E-state index contributed by atoms with van der Waals surface area (Å²) < 4.78 is 29.5. The molecular weight excluding hydrogens is 299 g/mol. The number of carbonyl (C=O) groups is 1. The Morgan fingerprint density at radius 1 is 1.09 bits per heavy atom. The van der Waals surface area contributed by atoms with Gasteiger partial charge < -0.3 is 14.2 Å². The highest BCUT2D eigenvalue weighted by Crippen LogP contribution is 2.31. The van der Waals surface area contributed by atoms with Gasteiger partial charge in [-0.1, -0.05) is 12.1 Å². The second-order valence-electron chi connectivity index (χ2n) is 5.31. The minimum atomic E-state index is -0.473. The van der Waals surface area contributed by atoms with Crippen LogP contribution in [-0.4, -0.2) is 19.2 Å². The van der Waals surface area contributed by atoms with E-state index in [1.54, 1.807) is 37.3 Å². The lowest BCUT2D eigenvalue weighted by Gasteiger charge is -2.14. The molecule has 0 amide bonds. The van der Waals surface area contributed by atoms with Gasteiger partial charge in [-0.15, -0.1) is 0 Å². The van der Waals surface area contributed by atoms with E-state index in [-0.39, 0.29) is 5.82 Å². The van der Waals surface area contributed by atoms with Crippen molar-refractivity contribution in [2.75, 3.05) is 13.2 Å². The highest BCUT2D eigenvalue weighted by molar-refractivity contribution is 5.90. The van der Waals surface area contributed by atoms with Crippen molar-refractivity contribution >= 4 is 5.97 Å². The minimum Gasteiger partial charge on any atom is -0.490 e. The van der Waals surface area contributed by atoms with Gasteiger partial charge in [0.2, 0.25) is 0 Å². The van der Waals surface area contributed by atoms with Crippen LogP contribution in [0.3, 0.4) is 0 Å². The molecule has 3 rings (SSSR count). The standard InChI is InChI=1S/C18H17FO4/c1-12(13-3-6-15(19)7-4-13)23-18(20)14-5-8-16-17(11-14)22-10-2-9-21-16/h3-8,11-12H,2,9-10H2,1H3. The number of ether oxygens (including phenoxy) is 3. The Labute approximate surface area is 133 Å². The third-order valence-electron chi connectivity index (χ3n) is 3.61. The Morgan fingerprint density at radius 3 is 2.52 bits per heavy atom. The van der Waals surface area contributed by atoms with E-state index in [2.05, 4.69) is 0 Å². The predicted molar refractivity (Wildman–Crippen MR) is 82.3 cm³/mol. The lowest BCUT2D eigenvalue weighted by atomic mass is 10.1. The van der Waals surface area contributed by atoms with Gasteiger partial charge in [0, 0.05) is 6.42 Å². The van der Waals surface area contributed by atoms with Crippen LogP contribution >= 0.6 is 0 Å². The average Bonchev–Trinajstić information content (AvgIpc) is 2.79. The van der Waals surface area contributed by atoms with Crippen molar-refractivity contribution in [3.8, 4) is 11.5 Å². The van der Waals surface area contributed by atoms with E-state index in [1.807, 2.05) is 0 Å². The first-order valence-electron chi connectivity index (χ1n) is 7.49. The van der Waals surface area contributed by atoms with Crippen molar-refractivity contribution in [2.24, 2.45) is 0 Å². The number of carbonyl (C=O) groups excluding carboxylic acids is 1. The molecule has 0 aliphatic carbocycles. The molecule has 120 valence electrons. The fourth-order valence-corrected chi connectivity index (χ4v) is 2.32. The molecule has 5 heteroatoms. The molecule has 0 spiro atoms. The van der Waals surface area contributed by atoms with E-state index in [0.29, 0.717) is 30.3 Å². The quantitative estimate of drug-likeness (QED) is 0.806. The first-order chi connectivity index (χ1) is 11.1. The molecule has 2 aromatic carbocycles. The van der Waals surface area contributed by atoms with E-state index in [4.69, 9.17) is 14.2 Å². The first kappa shape index (κ1) is 15.3. The molecule has 1 aliphatic heterocycles. The molecular formula is C18H17FO4.